The molecule has 0 atom stereocenters. The minimum Gasteiger partial charge on any atom is -0.422 e. The molecular weight excluding hydrogens is 308 g/mol. The molecule has 0 spiro atoms. The van der Waals surface area contributed by atoms with Gasteiger partial charge < -0.3 is 4.42 Å². The van der Waals surface area contributed by atoms with Gasteiger partial charge in [0.15, 0.2) is 0 Å². The lowest BCUT2D eigenvalue weighted by atomic mass is 10.0. The molecule has 2 heteroatoms. The summed E-state index contributed by atoms with van der Waals surface area (Å²) >= 11 is 0. The van der Waals surface area contributed by atoms with Gasteiger partial charge in [0, 0.05) is 5.39 Å². The molecule has 0 radical (unpaired) electrons. The number of hydrogen-bond donors (Lipinski definition) is 0. The van der Waals surface area contributed by atoms with Gasteiger partial charge in [-0.05, 0) is 48.7 Å². The van der Waals surface area contributed by atoms with Crippen molar-refractivity contribution in [3.05, 3.63) is 94.3 Å². The van der Waals surface area contributed by atoms with Crippen molar-refractivity contribution in [2.24, 2.45) is 0 Å². The van der Waals surface area contributed by atoms with Crippen molar-refractivity contribution in [1.29, 1.82) is 0 Å². The van der Waals surface area contributed by atoms with Gasteiger partial charge in [-0.25, -0.2) is 4.79 Å². The Hall–Kier alpha value is -3.13. The Bertz CT molecular complexity index is 1100. The number of fused-ring (bicyclic) bond motifs is 1. The van der Waals surface area contributed by atoms with E-state index in [4.69, 9.17) is 4.42 Å². The molecule has 4 rings (SSSR count). The fourth-order valence-electron chi connectivity index (χ4n) is 2.98. The Labute approximate surface area is 146 Å². The van der Waals surface area contributed by atoms with Crippen LogP contribution in [0.15, 0.2) is 82.0 Å². The molecule has 122 valence electrons. The van der Waals surface area contributed by atoms with Gasteiger partial charge in [-0.3, -0.25) is 0 Å². The first-order valence-corrected chi connectivity index (χ1v) is 8.32. The van der Waals surface area contributed by atoms with E-state index in [1.807, 2.05) is 49.4 Å². The van der Waals surface area contributed by atoms with Crippen molar-refractivity contribution in [3.8, 4) is 22.3 Å². The van der Waals surface area contributed by atoms with Gasteiger partial charge in [-0.2, -0.15) is 0 Å². The second kappa shape index (κ2) is 6.06. The first-order valence-electron chi connectivity index (χ1n) is 8.32. The quantitative estimate of drug-likeness (QED) is 0.439. The third-order valence-electron chi connectivity index (χ3n) is 4.48. The van der Waals surface area contributed by atoms with E-state index in [0.717, 1.165) is 27.6 Å². The summed E-state index contributed by atoms with van der Waals surface area (Å²) in [5, 5.41) is 0.924. The largest absolute Gasteiger partial charge is 0.422 e. The highest BCUT2D eigenvalue weighted by molar-refractivity contribution is 5.86. The topological polar surface area (TPSA) is 30.2 Å². The van der Waals surface area contributed by atoms with E-state index in [1.165, 1.54) is 5.56 Å². The highest BCUT2D eigenvalue weighted by Crippen LogP contribution is 2.27. The Kier molecular flexibility index (Phi) is 3.73. The lowest BCUT2D eigenvalue weighted by molar-refractivity contribution is 0.563. The number of rotatable bonds is 2. The molecule has 3 aromatic carbocycles. The molecule has 1 heterocycles. The predicted molar refractivity (Wildman–Crippen MR) is 103 cm³/mol. The molecule has 0 saturated carbocycles. The van der Waals surface area contributed by atoms with Gasteiger partial charge in [-0.15, -0.1) is 0 Å². The molecule has 0 aliphatic rings. The van der Waals surface area contributed by atoms with Crippen molar-refractivity contribution in [2.75, 3.05) is 0 Å². The molecule has 0 fully saturated rings. The summed E-state index contributed by atoms with van der Waals surface area (Å²) in [6.07, 6.45) is 0. The van der Waals surface area contributed by atoms with Crippen LogP contribution in [0.2, 0.25) is 0 Å². The first-order chi connectivity index (χ1) is 12.1. The zero-order valence-electron chi connectivity index (χ0n) is 14.2. The minimum atomic E-state index is -0.306. The Balaban J connectivity index is 1.86. The lowest BCUT2D eigenvalue weighted by Gasteiger charge is -2.06. The number of aryl methyl sites for hydroxylation is 2. The van der Waals surface area contributed by atoms with Gasteiger partial charge in [0.05, 0.1) is 5.56 Å². The molecule has 0 aliphatic carbocycles. The van der Waals surface area contributed by atoms with Crippen molar-refractivity contribution in [2.45, 2.75) is 13.8 Å². The Morgan fingerprint density at radius 3 is 1.84 bits per heavy atom. The monoisotopic (exact) mass is 326 g/mol. The summed E-state index contributed by atoms with van der Waals surface area (Å²) < 4.78 is 5.53. The van der Waals surface area contributed by atoms with Gasteiger partial charge in [0.2, 0.25) is 0 Å². The lowest BCUT2D eigenvalue weighted by Crippen LogP contribution is -2.02. The highest BCUT2D eigenvalue weighted by atomic mass is 16.4. The standard InChI is InChI=1S/C23H18O2/c1-15-3-7-17(8-4-15)19-11-12-22-20(13-19)14-21(23(24)25-22)18-9-5-16(2)6-10-18/h3-14H,1-2H3. The molecule has 25 heavy (non-hydrogen) atoms. The fourth-order valence-corrected chi connectivity index (χ4v) is 2.98. The Morgan fingerprint density at radius 2 is 1.20 bits per heavy atom. The minimum absolute atomic E-state index is 0.306. The van der Waals surface area contributed by atoms with Crippen LogP contribution in [0.1, 0.15) is 11.1 Å². The van der Waals surface area contributed by atoms with E-state index >= 15 is 0 Å². The Morgan fingerprint density at radius 1 is 0.640 bits per heavy atom. The van der Waals surface area contributed by atoms with E-state index in [-0.39, 0.29) is 5.63 Å². The summed E-state index contributed by atoms with van der Waals surface area (Å²) in [5.41, 5.74) is 6.42. The SMILES string of the molecule is Cc1ccc(-c2ccc3oc(=O)c(-c4ccc(C)cc4)cc3c2)cc1. The molecule has 4 aromatic rings. The molecule has 0 amide bonds. The number of benzene rings is 3. The fraction of sp³-hybridized carbons (Fsp3) is 0.0870. The van der Waals surface area contributed by atoms with Crippen LogP contribution in [-0.2, 0) is 0 Å². The van der Waals surface area contributed by atoms with E-state index in [2.05, 4.69) is 37.3 Å². The molecule has 0 bridgehead atoms. The first kappa shape index (κ1) is 15.4. The zero-order valence-corrected chi connectivity index (χ0v) is 14.2. The van der Waals surface area contributed by atoms with Crippen molar-refractivity contribution in [1.82, 2.24) is 0 Å². The van der Waals surface area contributed by atoms with Gasteiger partial charge in [0.1, 0.15) is 5.58 Å². The molecular formula is C23H18O2. The van der Waals surface area contributed by atoms with E-state index < -0.39 is 0 Å². The second-order valence-corrected chi connectivity index (χ2v) is 6.43. The van der Waals surface area contributed by atoms with Crippen LogP contribution in [0.25, 0.3) is 33.2 Å². The van der Waals surface area contributed by atoms with E-state index in [1.54, 1.807) is 0 Å². The van der Waals surface area contributed by atoms with Crippen LogP contribution in [0.5, 0.6) is 0 Å². The molecule has 0 aliphatic heterocycles. The molecule has 0 saturated heterocycles. The van der Waals surface area contributed by atoms with Crippen LogP contribution in [0, 0.1) is 13.8 Å². The summed E-state index contributed by atoms with van der Waals surface area (Å²) in [6, 6.07) is 24.2. The van der Waals surface area contributed by atoms with Crippen LogP contribution in [-0.4, -0.2) is 0 Å². The number of hydrogen-bond acceptors (Lipinski definition) is 2. The molecule has 0 N–H and O–H groups in total. The van der Waals surface area contributed by atoms with Gasteiger partial charge in [-0.1, -0.05) is 65.7 Å². The third kappa shape index (κ3) is 2.99. The molecule has 0 unspecified atom stereocenters. The smallest absolute Gasteiger partial charge is 0.344 e. The normalized spacial score (nSPS) is 11.0. The van der Waals surface area contributed by atoms with Crippen LogP contribution >= 0.6 is 0 Å². The van der Waals surface area contributed by atoms with E-state index in [9.17, 15) is 4.79 Å². The maximum atomic E-state index is 12.3. The van der Waals surface area contributed by atoms with Crippen LogP contribution in [0.4, 0.5) is 0 Å². The van der Waals surface area contributed by atoms with Gasteiger partial charge >= 0.3 is 5.63 Å². The third-order valence-corrected chi connectivity index (χ3v) is 4.48. The maximum Gasteiger partial charge on any atom is 0.344 e. The summed E-state index contributed by atoms with van der Waals surface area (Å²) in [5.74, 6) is 0. The average molecular weight is 326 g/mol. The predicted octanol–water partition coefficient (Wildman–Crippen LogP) is 5.74. The summed E-state index contributed by atoms with van der Waals surface area (Å²) in [6.45, 7) is 4.10. The van der Waals surface area contributed by atoms with Gasteiger partial charge in [0.25, 0.3) is 0 Å². The average Bonchev–Trinajstić information content (AvgIpc) is 2.62. The molecule has 2 nitrogen and oxygen atoms in total. The van der Waals surface area contributed by atoms with Crippen LogP contribution < -0.4 is 5.63 Å². The van der Waals surface area contributed by atoms with Crippen molar-refractivity contribution < 1.29 is 4.42 Å². The van der Waals surface area contributed by atoms with Crippen molar-refractivity contribution in [3.63, 3.8) is 0 Å². The zero-order chi connectivity index (χ0) is 17.4. The summed E-state index contributed by atoms with van der Waals surface area (Å²) in [4.78, 5) is 12.3. The van der Waals surface area contributed by atoms with Crippen molar-refractivity contribution >= 4 is 11.0 Å². The van der Waals surface area contributed by atoms with Crippen LogP contribution in [0.3, 0.4) is 0 Å². The molecule has 1 aromatic heterocycles. The summed E-state index contributed by atoms with van der Waals surface area (Å²) in [7, 11) is 0. The van der Waals surface area contributed by atoms with E-state index in [0.29, 0.717) is 11.1 Å². The maximum absolute atomic E-state index is 12.3. The second-order valence-electron chi connectivity index (χ2n) is 6.43. The highest BCUT2D eigenvalue weighted by Gasteiger charge is 2.09.